The molecule has 0 aromatic rings. The van der Waals surface area contributed by atoms with Crippen LogP contribution < -0.4 is 0 Å². The van der Waals surface area contributed by atoms with Gasteiger partial charge < -0.3 is 9.84 Å². The summed E-state index contributed by atoms with van der Waals surface area (Å²) in [5.41, 5.74) is 1.83. The Balaban J connectivity index is 1.64. The Labute approximate surface area is 145 Å². The Morgan fingerprint density at radius 2 is 1.92 bits per heavy atom. The summed E-state index contributed by atoms with van der Waals surface area (Å²) in [7, 11) is 0. The molecular weight excluding hydrogens is 300 g/mol. The molecule has 0 radical (unpaired) electrons. The molecule has 1 N–H and O–H groups in total. The van der Waals surface area contributed by atoms with Crippen LogP contribution in [0.2, 0.25) is 0 Å². The van der Waals surface area contributed by atoms with Crippen LogP contribution in [-0.4, -0.2) is 23.8 Å². The number of hydrogen-bond donors (Lipinski definition) is 1. The van der Waals surface area contributed by atoms with Crippen molar-refractivity contribution in [2.24, 2.45) is 28.1 Å². The Hall–Kier alpha value is -0.830. The van der Waals surface area contributed by atoms with Crippen LogP contribution in [0.25, 0.3) is 0 Å². The molecule has 4 fully saturated rings. The highest BCUT2D eigenvalue weighted by molar-refractivity contribution is 5.91. The molecule has 3 aliphatic carbocycles. The Kier molecular flexibility index (Phi) is 3.69. The second kappa shape index (κ2) is 5.33. The van der Waals surface area contributed by atoms with Crippen molar-refractivity contribution in [2.45, 2.75) is 78.2 Å². The number of allylic oxidation sites excluding steroid dienone is 1. The van der Waals surface area contributed by atoms with Crippen LogP contribution in [0.5, 0.6) is 0 Å². The first-order valence-corrected chi connectivity index (χ1v) is 9.84. The zero-order chi connectivity index (χ0) is 17.2. The molecule has 24 heavy (non-hydrogen) atoms. The van der Waals surface area contributed by atoms with Crippen LogP contribution in [-0.2, 0) is 9.53 Å². The first-order valence-electron chi connectivity index (χ1n) is 9.84. The summed E-state index contributed by atoms with van der Waals surface area (Å²) in [4.78, 5) is 11.8. The summed E-state index contributed by atoms with van der Waals surface area (Å²) in [6.45, 7) is 7.60. The van der Waals surface area contributed by atoms with Crippen molar-refractivity contribution in [3.63, 3.8) is 0 Å². The van der Waals surface area contributed by atoms with Crippen molar-refractivity contribution < 1.29 is 14.6 Å². The summed E-state index contributed by atoms with van der Waals surface area (Å²) in [5, 5.41) is 10.0. The lowest BCUT2D eigenvalue weighted by molar-refractivity contribution is -0.135. The minimum Gasteiger partial charge on any atom is -0.459 e. The average molecular weight is 332 g/mol. The van der Waals surface area contributed by atoms with Gasteiger partial charge in [0.05, 0.1) is 5.57 Å². The van der Waals surface area contributed by atoms with Crippen molar-refractivity contribution in [1.29, 1.82) is 0 Å². The summed E-state index contributed by atoms with van der Waals surface area (Å²) < 4.78 is 4.99. The van der Waals surface area contributed by atoms with Crippen LogP contribution in [0.4, 0.5) is 0 Å². The van der Waals surface area contributed by atoms with Gasteiger partial charge in [0.25, 0.3) is 0 Å². The number of ether oxygens (including phenoxy) is 1. The lowest BCUT2D eigenvalue weighted by Crippen LogP contribution is -2.52. The second-order valence-electron chi connectivity index (χ2n) is 9.86. The third kappa shape index (κ3) is 2.38. The first-order chi connectivity index (χ1) is 11.3. The third-order valence-electron chi connectivity index (χ3n) is 8.17. The van der Waals surface area contributed by atoms with E-state index in [1.807, 2.05) is 6.08 Å². The van der Waals surface area contributed by atoms with Gasteiger partial charge in [-0.3, -0.25) is 0 Å². The second-order valence-corrected chi connectivity index (χ2v) is 9.86. The van der Waals surface area contributed by atoms with Gasteiger partial charge in [-0.05, 0) is 73.0 Å². The van der Waals surface area contributed by atoms with Crippen LogP contribution in [0, 0.1) is 28.1 Å². The maximum absolute atomic E-state index is 11.8. The van der Waals surface area contributed by atoms with E-state index in [0.29, 0.717) is 27.7 Å². The van der Waals surface area contributed by atoms with Crippen LogP contribution in [0.15, 0.2) is 11.6 Å². The number of esters is 1. The highest BCUT2D eigenvalue weighted by atomic mass is 16.6. The number of carbonyl (C=O) groups excluding carboxylic acids is 1. The fraction of sp³-hybridized carbons (Fsp3) is 0.857. The van der Waals surface area contributed by atoms with Gasteiger partial charge in [-0.2, -0.15) is 0 Å². The van der Waals surface area contributed by atoms with Crippen LogP contribution >= 0.6 is 0 Å². The Bertz CT molecular complexity index is 572. The average Bonchev–Trinajstić information content (AvgIpc) is 3.19. The number of fused-ring (bicyclic) bond motifs is 1. The smallest absolute Gasteiger partial charge is 0.336 e. The van der Waals surface area contributed by atoms with Crippen molar-refractivity contribution in [3.05, 3.63) is 11.6 Å². The van der Waals surface area contributed by atoms with Gasteiger partial charge in [0.1, 0.15) is 12.7 Å². The van der Waals surface area contributed by atoms with E-state index in [4.69, 9.17) is 4.74 Å². The molecule has 3 nitrogen and oxygen atoms in total. The van der Waals surface area contributed by atoms with E-state index in [1.54, 1.807) is 0 Å². The molecule has 3 heteroatoms. The Morgan fingerprint density at radius 1 is 1.17 bits per heavy atom. The number of cyclic esters (lactones) is 1. The molecule has 0 amide bonds. The normalized spacial score (nSPS) is 44.4. The molecule has 1 heterocycles. The lowest BCUT2D eigenvalue weighted by atomic mass is 9.45. The summed E-state index contributed by atoms with van der Waals surface area (Å²) >= 11 is 0. The van der Waals surface area contributed by atoms with Crippen molar-refractivity contribution in [1.82, 2.24) is 0 Å². The molecule has 0 aromatic carbocycles. The predicted octanol–water partition coefficient (Wildman–Crippen LogP) is 4.24. The molecule has 0 bridgehead atoms. The number of aliphatic hydroxyl groups is 1. The lowest BCUT2D eigenvalue weighted by Gasteiger charge is -2.60. The van der Waals surface area contributed by atoms with Gasteiger partial charge in [0, 0.05) is 0 Å². The monoisotopic (exact) mass is 332 g/mol. The number of rotatable bonds is 2. The van der Waals surface area contributed by atoms with Crippen molar-refractivity contribution in [2.75, 3.05) is 6.61 Å². The summed E-state index contributed by atoms with van der Waals surface area (Å²) in [5.74, 6) is 1.12. The quantitative estimate of drug-likeness (QED) is 0.607. The first kappa shape index (κ1) is 16.6. The maximum atomic E-state index is 11.8. The highest BCUT2D eigenvalue weighted by Gasteiger charge is 2.62. The molecule has 134 valence electrons. The predicted molar refractivity (Wildman–Crippen MR) is 93.3 cm³/mol. The van der Waals surface area contributed by atoms with E-state index < -0.39 is 6.10 Å². The summed E-state index contributed by atoms with van der Waals surface area (Å²) in [6.07, 6.45) is 11.7. The van der Waals surface area contributed by atoms with Crippen LogP contribution in [0.3, 0.4) is 0 Å². The minimum atomic E-state index is -0.720. The van der Waals surface area contributed by atoms with Gasteiger partial charge in [0.2, 0.25) is 0 Å². The van der Waals surface area contributed by atoms with E-state index in [0.717, 1.165) is 12.3 Å². The number of aliphatic hydroxyl groups excluding tert-OH is 1. The van der Waals surface area contributed by atoms with Gasteiger partial charge in [-0.25, -0.2) is 4.79 Å². The molecule has 1 aliphatic heterocycles. The molecule has 4 rings (SSSR count). The van der Waals surface area contributed by atoms with Gasteiger partial charge in [-0.1, -0.05) is 33.3 Å². The van der Waals surface area contributed by atoms with E-state index >= 15 is 0 Å². The van der Waals surface area contributed by atoms with E-state index in [9.17, 15) is 9.90 Å². The molecule has 1 spiro atoms. The molecule has 0 aromatic heterocycles. The van der Waals surface area contributed by atoms with E-state index in [1.165, 1.54) is 44.9 Å². The largest absolute Gasteiger partial charge is 0.459 e. The number of carbonyl (C=O) groups is 1. The SMILES string of the molecule is CC1(C)CCC[C@@]2(C)[C@H]1CCC1(CC1)[C@@H]2C/C=C1\C(=O)OCC1O. The van der Waals surface area contributed by atoms with Gasteiger partial charge in [-0.15, -0.1) is 0 Å². The third-order valence-corrected chi connectivity index (χ3v) is 8.17. The van der Waals surface area contributed by atoms with Crippen LogP contribution in [0.1, 0.15) is 72.1 Å². The van der Waals surface area contributed by atoms with E-state index in [-0.39, 0.29) is 12.6 Å². The zero-order valence-electron chi connectivity index (χ0n) is 15.4. The topological polar surface area (TPSA) is 46.5 Å². The van der Waals surface area contributed by atoms with E-state index in [2.05, 4.69) is 20.8 Å². The summed E-state index contributed by atoms with van der Waals surface area (Å²) in [6, 6.07) is 0. The maximum Gasteiger partial charge on any atom is 0.336 e. The fourth-order valence-corrected chi connectivity index (χ4v) is 6.82. The van der Waals surface area contributed by atoms with Gasteiger partial charge in [0.15, 0.2) is 0 Å². The zero-order valence-corrected chi connectivity index (χ0v) is 15.4. The van der Waals surface area contributed by atoms with Crippen molar-refractivity contribution in [3.8, 4) is 0 Å². The highest BCUT2D eigenvalue weighted by Crippen LogP contribution is 2.72. The minimum absolute atomic E-state index is 0.132. The molecule has 4 atom stereocenters. The number of hydrogen-bond acceptors (Lipinski definition) is 3. The standard InChI is InChI=1S/C21H32O3/c1-19(2)8-4-9-20(3)16(19)7-10-21(11-12-21)17(20)6-5-14-15(22)13-24-18(14)23/h5,15-17,22H,4,6-13H2,1-3H3/b14-5-/t15?,16-,17+,20-/m0/s1. The van der Waals surface area contributed by atoms with Crippen molar-refractivity contribution >= 4 is 5.97 Å². The molecular formula is C21H32O3. The fourth-order valence-electron chi connectivity index (χ4n) is 6.82. The Morgan fingerprint density at radius 3 is 2.54 bits per heavy atom. The molecule has 3 saturated carbocycles. The molecule has 4 aliphatic rings. The molecule has 1 unspecified atom stereocenters. The molecule has 1 saturated heterocycles. The van der Waals surface area contributed by atoms with Gasteiger partial charge >= 0.3 is 5.97 Å².